The van der Waals surface area contributed by atoms with Crippen molar-refractivity contribution in [1.29, 1.82) is 0 Å². The Balaban J connectivity index is 2.68. The fourth-order valence-corrected chi connectivity index (χ4v) is 1.54. The number of amides is 1. The van der Waals surface area contributed by atoms with Gasteiger partial charge in [0.1, 0.15) is 17.6 Å². The van der Waals surface area contributed by atoms with Crippen molar-refractivity contribution in [1.82, 2.24) is 5.32 Å². The summed E-state index contributed by atoms with van der Waals surface area (Å²) in [6.07, 6.45) is 2.77. The van der Waals surface area contributed by atoms with Crippen molar-refractivity contribution in [2.45, 2.75) is 33.7 Å². The molecule has 2 N–H and O–H groups in total. The van der Waals surface area contributed by atoms with Gasteiger partial charge in [-0.1, -0.05) is 20.8 Å². The molecule has 0 saturated heterocycles. The van der Waals surface area contributed by atoms with Gasteiger partial charge in [0.05, 0.1) is 0 Å². The van der Waals surface area contributed by atoms with E-state index < -0.39 is 23.3 Å². The number of aryl methyl sites for hydroxylation is 1. The number of carbonyl (C=O) groups is 2. The lowest BCUT2D eigenvalue weighted by Gasteiger charge is -2.27. The van der Waals surface area contributed by atoms with Crippen molar-refractivity contribution in [3.63, 3.8) is 0 Å². The Morgan fingerprint density at radius 2 is 2.00 bits per heavy atom. The minimum absolute atomic E-state index is 0.462. The lowest BCUT2D eigenvalue weighted by Crippen LogP contribution is -2.48. The molecule has 0 fully saturated rings. The molecule has 0 aliphatic carbocycles. The van der Waals surface area contributed by atoms with Crippen LogP contribution in [0.25, 0.3) is 6.08 Å². The number of hydrogen-bond donors (Lipinski definition) is 2. The molecule has 1 rings (SSSR count). The van der Waals surface area contributed by atoms with Gasteiger partial charge in [0.2, 0.25) is 5.91 Å². The van der Waals surface area contributed by atoms with Crippen LogP contribution in [-0.4, -0.2) is 23.0 Å². The van der Waals surface area contributed by atoms with Gasteiger partial charge < -0.3 is 14.8 Å². The van der Waals surface area contributed by atoms with Crippen molar-refractivity contribution < 1.29 is 19.1 Å². The molecular formula is C14H19NO4. The molecule has 0 radical (unpaired) electrons. The number of carboxylic acids is 1. The normalized spacial score (nSPS) is 13.5. The first-order chi connectivity index (χ1) is 8.70. The van der Waals surface area contributed by atoms with Gasteiger partial charge in [-0.25, -0.2) is 4.79 Å². The van der Waals surface area contributed by atoms with Crippen LogP contribution >= 0.6 is 0 Å². The van der Waals surface area contributed by atoms with Crippen molar-refractivity contribution in [2.75, 3.05) is 0 Å². The van der Waals surface area contributed by atoms with Gasteiger partial charge in [0, 0.05) is 6.08 Å². The zero-order valence-electron chi connectivity index (χ0n) is 11.6. The van der Waals surface area contributed by atoms with Crippen LogP contribution < -0.4 is 5.32 Å². The van der Waals surface area contributed by atoms with Crippen molar-refractivity contribution >= 4 is 18.0 Å². The van der Waals surface area contributed by atoms with Gasteiger partial charge in [-0.05, 0) is 30.5 Å². The fraction of sp³-hybridized carbons (Fsp3) is 0.429. The molecule has 5 heteroatoms. The first kappa shape index (κ1) is 15.0. The second kappa shape index (κ2) is 5.73. The van der Waals surface area contributed by atoms with E-state index in [1.54, 1.807) is 39.8 Å². The molecule has 1 heterocycles. The van der Waals surface area contributed by atoms with E-state index in [2.05, 4.69) is 5.32 Å². The van der Waals surface area contributed by atoms with Gasteiger partial charge in [0.15, 0.2) is 0 Å². The Labute approximate surface area is 112 Å². The van der Waals surface area contributed by atoms with Gasteiger partial charge in [-0.3, -0.25) is 4.79 Å². The molecule has 1 aromatic heterocycles. The first-order valence-electron chi connectivity index (χ1n) is 5.98. The van der Waals surface area contributed by atoms with E-state index in [1.807, 2.05) is 0 Å². The molecular weight excluding hydrogens is 246 g/mol. The Kier molecular flexibility index (Phi) is 4.53. The topological polar surface area (TPSA) is 79.5 Å². The minimum atomic E-state index is -1.05. The molecule has 19 heavy (non-hydrogen) atoms. The number of rotatable bonds is 4. The number of carbonyl (C=O) groups excluding carboxylic acids is 1. The fourth-order valence-electron chi connectivity index (χ4n) is 1.54. The molecule has 0 aromatic carbocycles. The third-order valence-corrected chi connectivity index (χ3v) is 2.56. The second-order valence-electron chi connectivity index (χ2n) is 5.43. The van der Waals surface area contributed by atoms with Crippen LogP contribution in [0.1, 0.15) is 32.3 Å². The van der Waals surface area contributed by atoms with E-state index in [4.69, 9.17) is 9.52 Å². The highest BCUT2D eigenvalue weighted by Gasteiger charge is 2.31. The Bertz CT molecular complexity index is 494. The van der Waals surface area contributed by atoms with Gasteiger partial charge >= 0.3 is 5.97 Å². The molecule has 1 aromatic rings. The number of nitrogens with one attached hydrogen (secondary N) is 1. The van der Waals surface area contributed by atoms with Crippen LogP contribution in [0.3, 0.4) is 0 Å². The molecule has 0 spiro atoms. The molecule has 0 aliphatic heterocycles. The summed E-state index contributed by atoms with van der Waals surface area (Å²) >= 11 is 0. The maximum atomic E-state index is 11.7. The maximum Gasteiger partial charge on any atom is 0.326 e. The molecule has 0 aliphatic rings. The summed E-state index contributed by atoms with van der Waals surface area (Å²) in [4.78, 5) is 22.8. The summed E-state index contributed by atoms with van der Waals surface area (Å²) in [7, 11) is 0. The first-order valence-corrected chi connectivity index (χ1v) is 5.98. The number of carboxylic acid groups (broad SMARTS) is 1. The maximum absolute atomic E-state index is 11.7. The lowest BCUT2D eigenvalue weighted by molar-refractivity contribution is -0.144. The highest BCUT2D eigenvalue weighted by molar-refractivity contribution is 5.94. The van der Waals surface area contributed by atoms with Crippen molar-refractivity contribution in [3.05, 3.63) is 29.7 Å². The largest absolute Gasteiger partial charge is 0.480 e. The molecule has 0 unspecified atom stereocenters. The van der Waals surface area contributed by atoms with Crippen LogP contribution in [0.2, 0.25) is 0 Å². The van der Waals surface area contributed by atoms with E-state index in [0.29, 0.717) is 5.76 Å². The minimum Gasteiger partial charge on any atom is -0.480 e. The van der Waals surface area contributed by atoms with E-state index in [9.17, 15) is 9.59 Å². The predicted molar refractivity (Wildman–Crippen MR) is 71.5 cm³/mol. The molecule has 0 saturated carbocycles. The van der Waals surface area contributed by atoms with E-state index in [1.165, 1.54) is 12.2 Å². The van der Waals surface area contributed by atoms with Crippen molar-refractivity contribution in [2.24, 2.45) is 5.41 Å². The summed E-state index contributed by atoms with van der Waals surface area (Å²) in [6, 6.07) is 2.58. The summed E-state index contributed by atoms with van der Waals surface area (Å²) < 4.78 is 5.27. The average Bonchev–Trinajstić information content (AvgIpc) is 2.67. The molecule has 5 nitrogen and oxygen atoms in total. The smallest absolute Gasteiger partial charge is 0.326 e. The summed E-state index contributed by atoms with van der Waals surface area (Å²) in [5.74, 6) is -0.215. The van der Waals surface area contributed by atoms with Crippen molar-refractivity contribution in [3.8, 4) is 0 Å². The summed E-state index contributed by atoms with van der Waals surface area (Å²) in [6.45, 7) is 7.07. The van der Waals surface area contributed by atoms with Gasteiger partial charge in [-0.15, -0.1) is 0 Å². The summed E-state index contributed by atoms with van der Waals surface area (Å²) in [5.41, 5.74) is -0.559. The highest BCUT2D eigenvalue weighted by Crippen LogP contribution is 2.19. The number of furan rings is 1. The standard InChI is InChI=1S/C14H19NO4/c1-9-5-6-10(19-9)7-8-11(16)15-12(13(17)18)14(2,3)4/h5-8,12H,1-4H3,(H,15,16)(H,17,18)/b8-7+/t12-/m0/s1. The van der Waals surface area contributed by atoms with Crippen LogP contribution in [0.4, 0.5) is 0 Å². The van der Waals surface area contributed by atoms with Gasteiger partial charge in [-0.2, -0.15) is 0 Å². The monoisotopic (exact) mass is 265 g/mol. The Morgan fingerprint density at radius 3 is 2.42 bits per heavy atom. The zero-order chi connectivity index (χ0) is 14.6. The molecule has 1 amide bonds. The molecule has 104 valence electrons. The van der Waals surface area contributed by atoms with E-state index in [-0.39, 0.29) is 0 Å². The van der Waals surface area contributed by atoms with Crippen LogP contribution in [0.15, 0.2) is 22.6 Å². The van der Waals surface area contributed by atoms with Gasteiger partial charge in [0.25, 0.3) is 0 Å². The van der Waals surface area contributed by atoms with Crippen LogP contribution in [-0.2, 0) is 9.59 Å². The Morgan fingerprint density at radius 1 is 1.37 bits per heavy atom. The van der Waals surface area contributed by atoms with E-state index in [0.717, 1.165) is 5.76 Å². The van der Waals surface area contributed by atoms with E-state index >= 15 is 0 Å². The average molecular weight is 265 g/mol. The number of aliphatic carboxylic acids is 1. The SMILES string of the molecule is Cc1ccc(/C=C/C(=O)N[C@@H](C(=O)O)C(C)(C)C)o1. The summed E-state index contributed by atoms with van der Waals surface area (Å²) in [5, 5.41) is 11.6. The lowest BCUT2D eigenvalue weighted by atomic mass is 9.87. The second-order valence-corrected chi connectivity index (χ2v) is 5.43. The highest BCUT2D eigenvalue weighted by atomic mass is 16.4. The molecule has 1 atom stereocenters. The third kappa shape index (κ3) is 4.62. The third-order valence-electron chi connectivity index (χ3n) is 2.56. The van der Waals surface area contributed by atoms with Crippen LogP contribution in [0.5, 0.6) is 0 Å². The van der Waals surface area contributed by atoms with Crippen LogP contribution in [0, 0.1) is 12.3 Å². The quantitative estimate of drug-likeness (QED) is 0.818. The number of hydrogen-bond acceptors (Lipinski definition) is 3. The zero-order valence-corrected chi connectivity index (χ0v) is 11.6. The predicted octanol–water partition coefficient (Wildman–Crippen LogP) is 2.22. The molecule has 0 bridgehead atoms. The Hall–Kier alpha value is -2.04.